The molecule has 10 heteroatoms. The molecule has 0 bridgehead atoms. The molecule has 0 saturated heterocycles. The number of aryl methyl sites for hydroxylation is 1. The molecule has 0 aliphatic heterocycles. The maximum Gasteiger partial charge on any atom is 0.416 e. The summed E-state index contributed by atoms with van der Waals surface area (Å²) in [7, 11) is -4.01. The first-order valence-corrected chi connectivity index (χ1v) is 11.6. The predicted octanol–water partition coefficient (Wildman–Crippen LogP) is 4.59. The van der Waals surface area contributed by atoms with Crippen molar-refractivity contribution in [3.8, 4) is 0 Å². The molecular formula is C23H19F3N2O4S. The minimum absolute atomic E-state index is 0.0338. The Morgan fingerprint density at radius 3 is 2.55 bits per heavy atom. The number of nitrogens with zero attached hydrogens (tertiary/aromatic N) is 2. The monoisotopic (exact) mass is 476 g/mol. The zero-order chi connectivity index (χ0) is 23.8. The van der Waals surface area contributed by atoms with Gasteiger partial charge in [-0.3, -0.25) is 4.79 Å². The van der Waals surface area contributed by atoms with Crippen LogP contribution >= 0.6 is 0 Å². The fourth-order valence-corrected chi connectivity index (χ4v) is 5.16. The average molecular weight is 476 g/mol. The number of ketones is 1. The number of fused-ring (bicyclic) bond motifs is 1. The molecule has 0 amide bonds. The van der Waals surface area contributed by atoms with Crippen molar-refractivity contribution in [3.05, 3.63) is 83.4 Å². The number of halogens is 3. The Hall–Kier alpha value is -3.40. The molecule has 0 unspecified atom stereocenters. The van der Waals surface area contributed by atoms with Gasteiger partial charge in [0.15, 0.2) is 15.6 Å². The van der Waals surface area contributed by atoms with E-state index in [2.05, 4.69) is 5.16 Å². The second kappa shape index (κ2) is 8.51. The van der Waals surface area contributed by atoms with E-state index in [0.717, 1.165) is 12.1 Å². The van der Waals surface area contributed by atoms with Crippen LogP contribution in [-0.2, 0) is 33.8 Å². The third-order valence-electron chi connectivity index (χ3n) is 5.10. The number of Topliss-reactive ketones (excluding diaryl/α,β-unsaturated/α-hetero) is 1. The van der Waals surface area contributed by atoms with Crippen LogP contribution in [0.15, 0.2) is 70.2 Å². The van der Waals surface area contributed by atoms with Crippen molar-refractivity contribution in [2.24, 2.45) is 0 Å². The summed E-state index contributed by atoms with van der Waals surface area (Å²) in [6, 6.07) is 13.1. The van der Waals surface area contributed by atoms with Crippen LogP contribution in [0.2, 0.25) is 0 Å². The van der Waals surface area contributed by atoms with E-state index in [-0.39, 0.29) is 17.9 Å². The van der Waals surface area contributed by atoms with Gasteiger partial charge in [0.2, 0.25) is 0 Å². The molecule has 4 aromatic rings. The highest BCUT2D eigenvalue weighted by molar-refractivity contribution is 7.92. The molecule has 4 rings (SSSR count). The second-order valence-electron chi connectivity index (χ2n) is 7.74. The topological polar surface area (TPSA) is 82.2 Å². The van der Waals surface area contributed by atoms with Crippen molar-refractivity contribution in [1.82, 2.24) is 9.72 Å². The molecule has 6 nitrogen and oxygen atoms in total. The molecule has 0 aliphatic rings. The lowest BCUT2D eigenvalue weighted by atomic mass is 10.1. The summed E-state index contributed by atoms with van der Waals surface area (Å²) in [5, 5.41) is 4.11. The highest BCUT2D eigenvalue weighted by Gasteiger charge is 2.30. The summed E-state index contributed by atoms with van der Waals surface area (Å²) >= 11 is 0. The number of carbonyl (C=O) groups excluding carboxylic acids is 1. The summed E-state index contributed by atoms with van der Waals surface area (Å²) in [6.07, 6.45) is -3.29. The van der Waals surface area contributed by atoms with E-state index in [0.29, 0.717) is 27.9 Å². The first-order valence-electron chi connectivity index (χ1n) is 9.93. The standard InChI is InChI=1S/C23H19F3N2O4S/c1-15-9-18(27-32-15)11-19(29)14-33(30,31)22-13-28(21-8-3-2-7-20(21)22)12-16-5-4-6-17(10-16)23(24,25)26/h2-10,13H,11-12,14H2,1H3. The quantitative estimate of drug-likeness (QED) is 0.390. The van der Waals surface area contributed by atoms with Gasteiger partial charge < -0.3 is 9.09 Å². The Morgan fingerprint density at radius 1 is 1.09 bits per heavy atom. The number of benzene rings is 2. The van der Waals surface area contributed by atoms with Crippen molar-refractivity contribution < 1.29 is 30.9 Å². The second-order valence-corrected chi connectivity index (χ2v) is 9.70. The van der Waals surface area contributed by atoms with Crippen LogP contribution in [0.3, 0.4) is 0 Å². The third kappa shape index (κ3) is 5.00. The van der Waals surface area contributed by atoms with Crippen molar-refractivity contribution in [3.63, 3.8) is 0 Å². The Morgan fingerprint density at radius 2 is 1.85 bits per heavy atom. The molecule has 33 heavy (non-hydrogen) atoms. The van der Waals surface area contributed by atoms with E-state index in [4.69, 9.17) is 4.52 Å². The van der Waals surface area contributed by atoms with Gasteiger partial charge >= 0.3 is 6.18 Å². The Labute approximate surface area is 187 Å². The first-order chi connectivity index (χ1) is 15.5. The van der Waals surface area contributed by atoms with Gasteiger partial charge in [-0.05, 0) is 30.7 Å². The molecule has 2 aromatic heterocycles. The lowest BCUT2D eigenvalue weighted by Crippen LogP contribution is -2.18. The number of hydrogen-bond donors (Lipinski definition) is 0. The molecule has 0 saturated carbocycles. The number of sulfone groups is 1. The minimum atomic E-state index is -4.48. The van der Waals surface area contributed by atoms with E-state index in [1.807, 2.05) is 0 Å². The summed E-state index contributed by atoms with van der Waals surface area (Å²) in [4.78, 5) is 12.4. The van der Waals surface area contributed by atoms with Gasteiger partial charge in [0, 0.05) is 29.7 Å². The van der Waals surface area contributed by atoms with Gasteiger partial charge in [-0.25, -0.2) is 8.42 Å². The zero-order valence-electron chi connectivity index (χ0n) is 17.5. The number of alkyl halides is 3. The Kier molecular flexibility index (Phi) is 5.87. The van der Waals surface area contributed by atoms with E-state index in [9.17, 15) is 26.4 Å². The average Bonchev–Trinajstić information content (AvgIpc) is 3.31. The van der Waals surface area contributed by atoms with Crippen LogP contribution in [0.1, 0.15) is 22.6 Å². The number of rotatable bonds is 7. The molecule has 0 fully saturated rings. The summed E-state index contributed by atoms with van der Waals surface area (Å²) in [6.45, 7) is 1.70. The fourth-order valence-electron chi connectivity index (χ4n) is 3.68. The Balaban J connectivity index is 1.65. The fraction of sp³-hybridized carbons (Fsp3) is 0.217. The van der Waals surface area contributed by atoms with Gasteiger partial charge in [0.1, 0.15) is 11.5 Å². The van der Waals surface area contributed by atoms with E-state index < -0.39 is 33.1 Å². The van der Waals surface area contributed by atoms with E-state index in [1.54, 1.807) is 47.9 Å². The first kappa shape index (κ1) is 22.8. The lowest BCUT2D eigenvalue weighted by Gasteiger charge is -2.10. The van der Waals surface area contributed by atoms with Crippen LogP contribution in [-0.4, -0.2) is 29.7 Å². The summed E-state index contributed by atoms with van der Waals surface area (Å²) < 4.78 is 71.8. The van der Waals surface area contributed by atoms with Gasteiger partial charge in [0.05, 0.1) is 22.6 Å². The third-order valence-corrected chi connectivity index (χ3v) is 6.80. The molecule has 2 aromatic carbocycles. The highest BCUT2D eigenvalue weighted by atomic mass is 32.2. The van der Waals surface area contributed by atoms with Crippen LogP contribution in [0.4, 0.5) is 13.2 Å². The van der Waals surface area contributed by atoms with Crippen molar-refractivity contribution in [2.45, 2.75) is 31.0 Å². The van der Waals surface area contributed by atoms with Gasteiger partial charge in [-0.1, -0.05) is 35.5 Å². The normalized spacial score (nSPS) is 12.4. The number of hydrogen-bond acceptors (Lipinski definition) is 5. The molecule has 0 aliphatic carbocycles. The van der Waals surface area contributed by atoms with Crippen molar-refractivity contribution in [1.29, 1.82) is 0 Å². The molecular weight excluding hydrogens is 457 g/mol. The number of para-hydroxylation sites is 1. The zero-order valence-corrected chi connectivity index (χ0v) is 18.3. The molecule has 2 heterocycles. The van der Waals surface area contributed by atoms with Gasteiger partial charge in [0.25, 0.3) is 0 Å². The van der Waals surface area contributed by atoms with Crippen molar-refractivity contribution >= 4 is 26.5 Å². The summed E-state index contributed by atoms with van der Waals surface area (Å²) in [5.41, 5.74) is 0.470. The largest absolute Gasteiger partial charge is 0.416 e. The van der Waals surface area contributed by atoms with E-state index >= 15 is 0 Å². The number of carbonyl (C=O) groups is 1. The molecule has 172 valence electrons. The molecule has 0 N–H and O–H groups in total. The van der Waals surface area contributed by atoms with Crippen molar-refractivity contribution in [2.75, 3.05) is 5.75 Å². The van der Waals surface area contributed by atoms with Gasteiger partial charge in [-0.2, -0.15) is 13.2 Å². The maximum atomic E-state index is 13.1. The maximum absolute atomic E-state index is 13.1. The molecule has 0 atom stereocenters. The van der Waals surface area contributed by atoms with Crippen LogP contribution in [0.5, 0.6) is 0 Å². The molecule has 0 radical (unpaired) electrons. The van der Waals surface area contributed by atoms with Crippen LogP contribution in [0, 0.1) is 6.92 Å². The Bertz CT molecular complexity index is 1440. The van der Waals surface area contributed by atoms with Crippen LogP contribution in [0.25, 0.3) is 10.9 Å². The number of aromatic nitrogens is 2. The minimum Gasteiger partial charge on any atom is -0.361 e. The van der Waals surface area contributed by atoms with E-state index in [1.165, 1.54) is 12.3 Å². The SMILES string of the molecule is Cc1cc(CC(=O)CS(=O)(=O)c2cn(Cc3cccc(C(F)(F)F)c3)c3ccccc23)no1. The summed E-state index contributed by atoms with van der Waals surface area (Å²) in [5.74, 6) is -0.757. The van der Waals surface area contributed by atoms with Gasteiger partial charge in [-0.15, -0.1) is 0 Å². The predicted molar refractivity (Wildman–Crippen MR) is 114 cm³/mol. The smallest absolute Gasteiger partial charge is 0.361 e. The lowest BCUT2D eigenvalue weighted by molar-refractivity contribution is -0.137. The van der Waals surface area contributed by atoms with Crippen LogP contribution < -0.4 is 0 Å². The molecule has 0 spiro atoms. The highest BCUT2D eigenvalue weighted by Crippen LogP contribution is 2.31.